The molecule has 1 aromatic carbocycles. The summed E-state index contributed by atoms with van der Waals surface area (Å²) in [5.41, 5.74) is 5.49. The van der Waals surface area contributed by atoms with E-state index in [0.717, 1.165) is 24.5 Å². The van der Waals surface area contributed by atoms with Gasteiger partial charge in [-0.2, -0.15) is 15.8 Å². The van der Waals surface area contributed by atoms with E-state index in [-0.39, 0.29) is 28.8 Å². The van der Waals surface area contributed by atoms with E-state index in [1.165, 1.54) is 12.1 Å². The van der Waals surface area contributed by atoms with Gasteiger partial charge in [0.25, 0.3) is 0 Å². The molecule has 1 heterocycles. The number of benzene rings is 1. The van der Waals surface area contributed by atoms with Gasteiger partial charge >= 0.3 is 0 Å². The summed E-state index contributed by atoms with van der Waals surface area (Å²) in [6.07, 6.45) is 4.35. The number of furan rings is 1. The van der Waals surface area contributed by atoms with Gasteiger partial charge in [0, 0.05) is 0 Å². The number of halogens is 2. The maximum Gasteiger partial charge on any atom is 0.194 e. The first-order valence-electron chi connectivity index (χ1n) is 10.0. The maximum absolute atomic E-state index is 13.2. The Labute approximate surface area is 189 Å². The van der Waals surface area contributed by atoms with Gasteiger partial charge in [-0.05, 0) is 61.1 Å². The largest absolute Gasteiger partial charge is 0.484 e. The van der Waals surface area contributed by atoms with Crippen molar-refractivity contribution in [3.63, 3.8) is 0 Å². The topological polar surface area (TPSA) is 120 Å². The van der Waals surface area contributed by atoms with Crippen molar-refractivity contribution in [2.75, 3.05) is 0 Å². The number of nitrogens with zero attached hydrogens (tertiary/aromatic N) is 3. The van der Waals surface area contributed by atoms with Crippen LogP contribution in [0, 0.1) is 51.1 Å². The molecule has 1 aromatic heterocycles. The van der Waals surface area contributed by atoms with E-state index in [9.17, 15) is 20.2 Å². The van der Waals surface area contributed by atoms with Gasteiger partial charge in [-0.15, -0.1) is 0 Å². The summed E-state index contributed by atoms with van der Waals surface area (Å²) in [7, 11) is 0. The molecule has 0 saturated carbocycles. The molecule has 160 valence electrons. The molecule has 0 unspecified atom stereocenters. The molecule has 2 aromatic rings. The van der Waals surface area contributed by atoms with Crippen molar-refractivity contribution in [1.82, 2.24) is 0 Å². The van der Waals surface area contributed by atoms with Crippen LogP contribution in [0.25, 0.3) is 0 Å². The standard InChI is InChI=1S/C24H18ClFN4O2/c25-19-9-14(26)5-7-20(19)31-11-15-6-8-21(32-15)22-17-4-2-1-3-16(17)18(10-27)23(30)24(22,12-28)13-29/h3,5-9,17,22H,1-2,4,11,30H2/t17-,22+/m0/s1. The molecular formula is C24H18ClFN4O2. The lowest BCUT2D eigenvalue weighted by atomic mass is 9.58. The molecule has 0 radical (unpaired) electrons. The highest BCUT2D eigenvalue weighted by atomic mass is 35.5. The van der Waals surface area contributed by atoms with E-state index in [4.69, 9.17) is 26.5 Å². The van der Waals surface area contributed by atoms with E-state index >= 15 is 0 Å². The average molecular weight is 449 g/mol. The minimum atomic E-state index is -1.72. The van der Waals surface area contributed by atoms with Crippen LogP contribution >= 0.6 is 11.6 Å². The van der Waals surface area contributed by atoms with Gasteiger partial charge in [-0.3, -0.25) is 0 Å². The molecule has 0 bridgehead atoms. The zero-order chi connectivity index (χ0) is 22.9. The number of fused-ring (bicyclic) bond motifs is 1. The molecule has 4 rings (SSSR count). The van der Waals surface area contributed by atoms with Gasteiger partial charge in [0.2, 0.25) is 0 Å². The smallest absolute Gasteiger partial charge is 0.194 e. The highest BCUT2D eigenvalue weighted by molar-refractivity contribution is 6.32. The van der Waals surface area contributed by atoms with Crippen molar-refractivity contribution in [2.24, 2.45) is 17.1 Å². The molecule has 0 fully saturated rings. The van der Waals surface area contributed by atoms with Crippen LogP contribution in [0.3, 0.4) is 0 Å². The number of hydrogen-bond acceptors (Lipinski definition) is 6. The first kappa shape index (κ1) is 21.5. The van der Waals surface area contributed by atoms with Crippen molar-refractivity contribution >= 4 is 11.6 Å². The van der Waals surface area contributed by atoms with Gasteiger partial charge < -0.3 is 14.9 Å². The average Bonchev–Trinajstić information content (AvgIpc) is 3.26. The third kappa shape index (κ3) is 3.40. The van der Waals surface area contributed by atoms with Gasteiger partial charge in [-0.1, -0.05) is 17.7 Å². The van der Waals surface area contributed by atoms with E-state index in [2.05, 4.69) is 18.2 Å². The number of hydrogen-bond donors (Lipinski definition) is 1. The van der Waals surface area contributed by atoms with Crippen molar-refractivity contribution < 1.29 is 13.5 Å². The predicted molar refractivity (Wildman–Crippen MR) is 113 cm³/mol. The first-order chi connectivity index (χ1) is 15.4. The molecule has 0 spiro atoms. The van der Waals surface area contributed by atoms with E-state index in [1.807, 2.05) is 6.08 Å². The molecule has 0 aliphatic heterocycles. The molecule has 2 aliphatic rings. The monoisotopic (exact) mass is 448 g/mol. The number of rotatable bonds is 4. The lowest BCUT2D eigenvalue weighted by Gasteiger charge is -2.42. The van der Waals surface area contributed by atoms with Crippen molar-refractivity contribution in [2.45, 2.75) is 31.8 Å². The Morgan fingerprint density at radius 2 is 2.00 bits per heavy atom. The van der Waals surface area contributed by atoms with Crippen molar-refractivity contribution in [3.05, 3.63) is 75.6 Å². The lowest BCUT2D eigenvalue weighted by Crippen LogP contribution is -2.42. The molecular weight excluding hydrogens is 431 g/mol. The van der Waals surface area contributed by atoms with Gasteiger partial charge in [0.15, 0.2) is 5.41 Å². The summed E-state index contributed by atoms with van der Waals surface area (Å²) in [5.74, 6) is -0.200. The van der Waals surface area contributed by atoms with Gasteiger partial charge in [-0.25, -0.2) is 4.39 Å². The number of allylic oxidation sites excluding steroid dienone is 4. The zero-order valence-corrected chi connectivity index (χ0v) is 17.7. The number of nitrogens with two attached hydrogens (primary N) is 1. The first-order valence-corrected chi connectivity index (χ1v) is 10.4. The molecule has 6 nitrogen and oxygen atoms in total. The third-order valence-corrected chi connectivity index (χ3v) is 6.35. The van der Waals surface area contributed by atoms with Crippen LogP contribution in [0.2, 0.25) is 5.02 Å². The summed E-state index contributed by atoms with van der Waals surface area (Å²) >= 11 is 6.00. The van der Waals surface area contributed by atoms with Crippen LogP contribution in [0.4, 0.5) is 4.39 Å². The molecule has 8 heteroatoms. The highest BCUT2D eigenvalue weighted by Crippen LogP contribution is 2.56. The lowest BCUT2D eigenvalue weighted by molar-refractivity contribution is 0.238. The summed E-state index contributed by atoms with van der Waals surface area (Å²) in [4.78, 5) is 0. The Morgan fingerprint density at radius 1 is 1.22 bits per heavy atom. The number of nitriles is 3. The van der Waals surface area contributed by atoms with E-state index in [1.54, 1.807) is 12.1 Å². The highest BCUT2D eigenvalue weighted by Gasteiger charge is 2.55. The molecule has 0 saturated heterocycles. The second-order valence-electron chi connectivity index (χ2n) is 7.77. The minimum Gasteiger partial charge on any atom is -0.484 e. The summed E-state index contributed by atoms with van der Waals surface area (Å²) < 4.78 is 24.9. The number of ether oxygens (including phenoxy) is 1. The summed E-state index contributed by atoms with van der Waals surface area (Å²) in [6.45, 7) is 0.0201. The van der Waals surface area contributed by atoms with Crippen molar-refractivity contribution in [1.29, 1.82) is 15.8 Å². The van der Waals surface area contributed by atoms with Crippen LogP contribution in [-0.2, 0) is 6.61 Å². The van der Waals surface area contributed by atoms with Gasteiger partial charge in [0.05, 0.1) is 34.3 Å². The molecule has 2 N–H and O–H groups in total. The Hall–Kier alpha value is -3.73. The van der Waals surface area contributed by atoms with E-state index in [0.29, 0.717) is 23.7 Å². The SMILES string of the molecule is N#CC1=C(N)C(C#N)(C#N)[C@@H](c2ccc(COc3ccc(F)cc3Cl)o2)[C@H]2CCCC=C12. The molecule has 2 atom stereocenters. The van der Waals surface area contributed by atoms with Crippen LogP contribution < -0.4 is 10.5 Å². The van der Waals surface area contributed by atoms with Gasteiger partial charge in [0.1, 0.15) is 35.8 Å². The quantitative estimate of drug-likeness (QED) is 0.682. The zero-order valence-electron chi connectivity index (χ0n) is 16.9. The van der Waals surface area contributed by atoms with Crippen molar-refractivity contribution in [3.8, 4) is 24.0 Å². The summed E-state index contributed by atoms with van der Waals surface area (Å²) in [5, 5.41) is 29.9. The molecule has 2 aliphatic carbocycles. The molecule has 0 amide bonds. The van der Waals surface area contributed by atoms with E-state index < -0.39 is 17.2 Å². The fourth-order valence-electron chi connectivity index (χ4n) is 4.56. The Morgan fingerprint density at radius 3 is 2.69 bits per heavy atom. The normalized spacial score (nSPS) is 21.5. The Bertz CT molecular complexity index is 1240. The van der Waals surface area contributed by atoms with Crippen LogP contribution in [0.1, 0.15) is 36.7 Å². The second-order valence-corrected chi connectivity index (χ2v) is 8.18. The molecule has 32 heavy (non-hydrogen) atoms. The maximum atomic E-state index is 13.2. The summed E-state index contributed by atoms with van der Waals surface area (Å²) in [6, 6.07) is 13.5. The van der Waals surface area contributed by atoms with Crippen LogP contribution in [0.15, 0.2) is 57.7 Å². The Kier molecular flexibility index (Phi) is 5.66. The third-order valence-electron chi connectivity index (χ3n) is 6.05. The van der Waals surface area contributed by atoms with Crippen LogP contribution in [0.5, 0.6) is 5.75 Å². The second kappa shape index (κ2) is 8.42. The Balaban J connectivity index is 1.70. The minimum absolute atomic E-state index is 0.0201. The van der Waals surface area contributed by atoms with Crippen LogP contribution in [-0.4, -0.2) is 0 Å². The predicted octanol–water partition coefficient (Wildman–Crippen LogP) is 5.24. The fourth-order valence-corrected chi connectivity index (χ4v) is 4.78. The fraction of sp³-hybridized carbons (Fsp3) is 0.292.